The van der Waals surface area contributed by atoms with Gasteiger partial charge in [0, 0.05) is 18.5 Å². The van der Waals surface area contributed by atoms with Crippen LogP contribution in [0.15, 0.2) is 30.3 Å². The minimum atomic E-state index is -0.584. The van der Waals surface area contributed by atoms with Gasteiger partial charge in [0.05, 0.1) is 6.61 Å². The zero-order valence-electron chi connectivity index (χ0n) is 14.9. The van der Waals surface area contributed by atoms with E-state index in [-0.39, 0.29) is 18.7 Å². The monoisotopic (exact) mass is 331 g/mol. The molecule has 1 heterocycles. The van der Waals surface area contributed by atoms with Gasteiger partial charge in [-0.05, 0) is 44.2 Å². The quantitative estimate of drug-likeness (QED) is 0.843. The first-order chi connectivity index (χ1) is 11.5. The summed E-state index contributed by atoms with van der Waals surface area (Å²) in [4.78, 5) is 15.0. The second-order valence-corrected chi connectivity index (χ2v) is 7.63. The van der Waals surface area contributed by atoms with Gasteiger partial charge in [-0.25, -0.2) is 0 Å². The van der Waals surface area contributed by atoms with Crippen LogP contribution in [0.2, 0.25) is 0 Å². The van der Waals surface area contributed by atoms with Crippen LogP contribution in [0.5, 0.6) is 0 Å². The lowest BCUT2D eigenvalue weighted by molar-refractivity contribution is -0.156. The van der Waals surface area contributed by atoms with Gasteiger partial charge in [-0.1, -0.05) is 37.3 Å². The van der Waals surface area contributed by atoms with E-state index in [1.54, 1.807) is 0 Å². The molecule has 2 fully saturated rings. The molecule has 3 rings (SSSR count). The van der Waals surface area contributed by atoms with E-state index in [0.29, 0.717) is 12.1 Å². The van der Waals surface area contributed by atoms with Gasteiger partial charge in [-0.2, -0.15) is 0 Å². The summed E-state index contributed by atoms with van der Waals surface area (Å²) < 4.78 is 5.84. The van der Waals surface area contributed by atoms with E-state index in [0.717, 1.165) is 30.2 Å². The molecule has 0 aromatic heterocycles. The molecule has 1 saturated heterocycles. The lowest BCUT2D eigenvalue weighted by Gasteiger charge is -2.42. The maximum absolute atomic E-state index is 12.6. The SMILES string of the molecule is CC1CC(OC(=O)[C@H](CO)c2ccccc2)CC([C@H]2C[C@H]2C)N1C. The number of piperidine rings is 1. The Bertz CT molecular complexity index is 561. The van der Waals surface area contributed by atoms with Crippen molar-refractivity contribution in [3.8, 4) is 0 Å². The van der Waals surface area contributed by atoms with Gasteiger partial charge < -0.3 is 14.7 Å². The summed E-state index contributed by atoms with van der Waals surface area (Å²) in [6, 6.07) is 10.3. The van der Waals surface area contributed by atoms with E-state index in [2.05, 4.69) is 25.8 Å². The first-order valence-corrected chi connectivity index (χ1v) is 9.09. The van der Waals surface area contributed by atoms with Crippen LogP contribution in [0.4, 0.5) is 0 Å². The molecule has 24 heavy (non-hydrogen) atoms. The highest BCUT2D eigenvalue weighted by atomic mass is 16.5. The molecule has 132 valence electrons. The molecule has 1 N–H and O–H groups in total. The Morgan fingerprint density at radius 2 is 1.92 bits per heavy atom. The second kappa shape index (κ2) is 7.24. The predicted molar refractivity (Wildman–Crippen MR) is 93.7 cm³/mol. The van der Waals surface area contributed by atoms with Gasteiger partial charge in [-0.3, -0.25) is 4.79 Å². The van der Waals surface area contributed by atoms with Crippen molar-refractivity contribution in [2.75, 3.05) is 13.7 Å². The van der Waals surface area contributed by atoms with Crippen molar-refractivity contribution < 1.29 is 14.6 Å². The van der Waals surface area contributed by atoms with E-state index >= 15 is 0 Å². The maximum atomic E-state index is 12.6. The van der Waals surface area contributed by atoms with E-state index in [4.69, 9.17) is 4.74 Å². The number of esters is 1. The van der Waals surface area contributed by atoms with E-state index < -0.39 is 5.92 Å². The van der Waals surface area contributed by atoms with Gasteiger partial charge in [0.25, 0.3) is 0 Å². The summed E-state index contributed by atoms with van der Waals surface area (Å²) in [6.07, 6.45) is 3.02. The van der Waals surface area contributed by atoms with Gasteiger partial charge in [0.1, 0.15) is 12.0 Å². The number of hydrogen-bond donors (Lipinski definition) is 1. The van der Waals surface area contributed by atoms with Crippen molar-refractivity contribution >= 4 is 5.97 Å². The van der Waals surface area contributed by atoms with Gasteiger partial charge in [-0.15, -0.1) is 0 Å². The average Bonchev–Trinajstić information content (AvgIpc) is 3.29. The Morgan fingerprint density at radius 1 is 1.25 bits per heavy atom. The van der Waals surface area contributed by atoms with Crippen molar-refractivity contribution in [3.05, 3.63) is 35.9 Å². The normalized spacial score (nSPS) is 34.6. The van der Waals surface area contributed by atoms with Crippen molar-refractivity contribution in [2.45, 2.75) is 57.2 Å². The standard InChI is InChI=1S/C20H29NO3/c1-13-9-17(13)19-11-16(10-14(2)21(19)3)24-20(23)18(12-22)15-7-5-4-6-8-15/h4-8,13-14,16-19,22H,9-12H2,1-3H3/t13-,14?,16?,17+,18-,19?/m1/s1. The summed E-state index contributed by atoms with van der Waals surface area (Å²) in [5.41, 5.74) is 0.818. The van der Waals surface area contributed by atoms with Crippen LogP contribution in [0.3, 0.4) is 0 Å². The zero-order chi connectivity index (χ0) is 17.3. The van der Waals surface area contributed by atoms with Gasteiger partial charge >= 0.3 is 5.97 Å². The maximum Gasteiger partial charge on any atom is 0.316 e. The third-order valence-electron chi connectivity index (χ3n) is 5.94. The Kier molecular flexibility index (Phi) is 5.26. The largest absolute Gasteiger partial charge is 0.462 e. The molecule has 1 aromatic carbocycles. The van der Waals surface area contributed by atoms with E-state index in [1.807, 2.05) is 30.3 Å². The van der Waals surface area contributed by atoms with Crippen LogP contribution < -0.4 is 0 Å². The topological polar surface area (TPSA) is 49.8 Å². The number of likely N-dealkylation sites (tertiary alicyclic amines) is 1. The van der Waals surface area contributed by atoms with E-state index in [9.17, 15) is 9.90 Å². The summed E-state index contributed by atoms with van der Waals surface area (Å²) in [7, 11) is 2.19. The molecule has 6 atom stereocenters. The highest BCUT2D eigenvalue weighted by molar-refractivity contribution is 5.78. The Labute approximate surface area is 144 Å². The number of carbonyl (C=O) groups excluding carboxylic acids is 1. The van der Waals surface area contributed by atoms with Gasteiger partial charge in [0.2, 0.25) is 0 Å². The predicted octanol–water partition coefficient (Wildman–Crippen LogP) is 2.81. The molecule has 4 heteroatoms. The number of rotatable bonds is 5. The molecule has 0 spiro atoms. The number of ether oxygens (including phenoxy) is 1. The fraction of sp³-hybridized carbons (Fsp3) is 0.650. The van der Waals surface area contributed by atoms with E-state index in [1.165, 1.54) is 6.42 Å². The molecular weight excluding hydrogens is 302 g/mol. The number of aliphatic hydroxyl groups is 1. The first kappa shape index (κ1) is 17.4. The van der Waals surface area contributed by atoms with Crippen LogP contribution in [0, 0.1) is 11.8 Å². The summed E-state index contributed by atoms with van der Waals surface area (Å²) in [5.74, 6) is 0.642. The Hall–Kier alpha value is -1.39. The third kappa shape index (κ3) is 3.65. The lowest BCUT2D eigenvalue weighted by atomic mass is 9.90. The molecule has 2 aliphatic rings. The third-order valence-corrected chi connectivity index (χ3v) is 5.94. The first-order valence-electron chi connectivity index (χ1n) is 9.09. The molecule has 1 aliphatic heterocycles. The summed E-state index contributed by atoms with van der Waals surface area (Å²) >= 11 is 0. The number of carbonyl (C=O) groups is 1. The van der Waals surface area contributed by atoms with Crippen LogP contribution in [-0.4, -0.2) is 47.8 Å². The second-order valence-electron chi connectivity index (χ2n) is 7.63. The van der Waals surface area contributed by atoms with Crippen molar-refractivity contribution in [3.63, 3.8) is 0 Å². The fourth-order valence-corrected chi connectivity index (χ4v) is 4.11. The van der Waals surface area contributed by atoms with Crippen molar-refractivity contribution in [1.82, 2.24) is 4.90 Å². The fourth-order valence-electron chi connectivity index (χ4n) is 4.11. The van der Waals surface area contributed by atoms with Crippen molar-refractivity contribution in [2.24, 2.45) is 11.8 Å². The van der Waals surface area contributed by atoms with Crippen molar-refractivity contribution in [1.29, 1.82) is 0 Å². The van der Waals surface area contributed by atoms with Crippen LogP contribution in [0.25, 0.3) is 0 Å². The number of nitrogens with zero attached hydrogens (tertiary/aromatic N) is 1. The Balaban J connectivity index is 1.65. The van der Waals surface area contributed by atoms with Crippen LogP contribution >= 0.6 is 0 Å². The molecule has 4 nitrogen and oxygen atoms in total. The highest BCUT2D eigenvalue weighted by Gasteiger charge is 2.46. The molecule has 0 radical (unpaired) electrons. The molecule has 1 saturated carbocycles. The van der Waals surface area contributed by atoms with Crippen LogP contribution in [0.1, 0.15) is 44.6 Å². The summed E-state index contributed by atoms with van der Waals surface area (Å²) in [6.45, 7) is 4.30. The minimum Gasteiger partial charge on any atom is -0.462 e. The van der Waals surface area contributed by atoms with Gasteiger partial charge in [0.15, 0.2) is 0 Å². The zero-order valence-corrected chi connectivity index (χ0v) is 14.9. The molecule has 3 unspecified atom stereocenters. The van der Waals surface area contributed by atoms with Crippen LogP contribution in [-0.2, 0) is 9.53 Å². The number of benzene rings is 1. The minimum absolute atomic E-state index is 0.0423. The molecule has 0 bridgehead atoms. The average molecular weight is 331 g/mol. The Morgan fingerprint density at radius 3 is 2.50 bits per heavy atom. The molecule has 1 aromatic rings. The molecular formula is C20H29NO3. The lowest BCUT2D eigenvalue weighted by Crippen LogP contribution is -2.49. The smallest absolute Gasteiger partial charge is 0.316 e. The summed E-state index contributed by atoms with van der Waals surface area (Å²) in [5, 5.41) is 9.65. The number of aliphatic hydroxyl groups excluding tert-OH is 1. The number of hydrogen-bond acceptors (Lipinski definition) is 4. The molecule has 1 aliphatic carbocycles. The molecule has 0 amide bonds. The highest BCUT2D eigenvalue weighted by Crippen LogP contribution is 2.46.